The van der Waals surface area contributed by atoms with Crippen molar-refractivity contribution >= 4 is 33.2 Å². The summed E-state index contributed by atoms with van der Waals surface area (Å²) in [6.07, 6.45) is 0. The van der Waals surface area contributed by atoms with E-state index in [2.05, 4.69) is 4.84 Å². The second-order valence-electron chi connectivity index (χ2n) is 2.67. The Balaban J connectivity index is 3.23. The fourth-order valence-electron chi connectivity index (χ4n) is 0.884. The van der Waals surface area contributed by atoms with Crippen molar-refractivity contribution in [2.45, 2.75) is 4.90 Å². The first-order chi connectivity index (χ1) is 6.89. The van der Waals surface area contributed by atoms with Gasteiger partial charge >= 0.3 is 0 Å². The maximum Gasteiger partial charge on any atom is 0.264 e. The third kappa shape index (κ3) is 2.62. The number of rotatable bonds is 3. The van der Waals surface area contributed by atoms with Crippen LogP contribution >= 0.6 is 23.2 Å². The molecule has 0 amide bonds. The summed E-state index contributed by atoms with van der Waals surface area (Å²) in [7, 11) is -1.11. The van der Waals surface area contributed by atoms with Crippen LogP contribution in [0.4, 0.5) is 0 Å². The van der Waals surface area contributed by atoms with E-state index in [4.69, 9.17) is 23.2 Å². The summed E-state index contributed by atoms with van der Waals surface area (Å²) in [4.78, 5) is 4.64. The Morgan fingerprint density at radius 2 is 1.87 bits per heavy atom. The van der Waals surface area contributed by atoms with Crippen molar-refractivity contribution in [2.75, 3.05) is 14.2 Å². The molecule has 1 aromatic rings. The van der Waals surface area contributed by atoms with Crippen molar-refractivity contribution in [1.29, 1.82) is 0 Å². The number of hydroxylamine groups is 1. The summed E-state index contributed by atoms with van der Waals surface area (Å²) < 4.78 is 24.2. The van der Waals surface area contributed by atoms with Crippen LogP contribution in [0.25, 0.3) is 0 Å². The lowest BCUT2D eigenvalue weighted by Gasteiger charge is -2.14. The normalized spacial score (nSPS) is 12.1. The largest absolute Gasteiger partial charge is 0.288 e. The Morgan fingerprint density at radius 3 is 2.33 bits per heavy atom. The standard InChI is InChI=1S/C8H9Cl2NO3S/c1-11(14-2)15(12,13)6-3-4-7(9)8(10)5-6/h3-5H,1-2H3. The number of hydrogen-bond acceptors (Lipinski definition) is 3. The Labute approximate surface area is 98.4 Å². The fourth-order valence-corrected chi connectivity index (χ4v) is 2.25. The van der Waals surface area contributed by atoms with Gasteiger partial charge < -0.3 is 0 Å². The Hall–Kier alpha value is -0.330. The molecular weight excluding hydrogens is 261 g/mol. The summed E-state index contributed by atoms with van der Waals surface area (Å²) in [5.74, 6) is 0. The lowest BCUT2D eigenvalue weighted by molar-refractivity contribution is -0.0258. The molecule has 0 bridgehead atoms. The minimum Gasteiger partial charge on any atom is -0.288 e. The van der Waals surface area contributed by atoms with Gasteiger partial charge in [0.15, 0.2) is 0 Å². The van der Waals surface area contributed by atoms with Crippen molar-refractivity contribution < 1.29 is 13.3 Å². The molecule has 0 spiro atoms. The van der Waals surface area contributed by atoms with E-state index >= 15 is 0 Å². The van der Waals surface area contributed by atoms with Crippen molar-refractivity contribution in [3.8, 4) is 0 Å². The SMILES string of the molecule is CON(C)S(=O)(=O)c1ccc(Cl)c(Cl)c1. The van der Waals surface area contributed by atoms with Gasteiger partial charge in [-0.3, -0.25) is 4.84 Å². The second-order valence-corrected chi connectivity index (χ2v) is 5.42. The third-order valence-corrected chi connectivity index (χ3v) is 4.20. The fraction of sp³-hybridized carbons (Fsp3) is 0.250. The highest BCUT2D eigenvalue weighted by Crippen LogP contribution is 2.25. The molecule has 0 N–H and O–H groups in total. The third-order valence-electron chi connectivity index (χ3n) is 1.78. The van der Waals surface area contributed by atoms with Gasteiger partial charge in [0.05, 0.1) is 22.1 Å². The molecule has 0 unspecified atom stereocenters. The molecule has 7 heteroatoms. The van der Waals surface area contributed by atoms with E-state index in [-0.39, 0.29) is 9.92 Å². The van der Waals surface area contributed by atoms with Crippen molar-refractivity contribution in [3.05, 3.63) is 28.2 Å². The summed E-state index contributed by atoms with van der Waals surface area (Å²) in [5, 5.41) is 0.484. The minimum atomic E-state index is -3.66. The van der Waals surface area contributed by atoms with E-state index in [1.165, 1.54) is 32.4 Å². The molecule has 0 aromatic heterocycles. The monoisotopic (exact) mass is 269 g/mol. The van der Waals surface area contributed by atoms with E-state index in [0.29, 0.717) is 5.02 Å². The highest BCUT2D eigenvalue weighted by molar-refractivity contribution is 7.89. The molecule has 0 heterocycles. The molecule has 4 nitrogen and oxygen atoms in total. The van der Waals surface area contributed by atoms with E-state index in [1.807, 2.05) is 0 Å². The molecule has 0 atom stereocenters. The predicted molar refractivity (Wildman–Crippen MR) is 58.4 cm³/mol. The molecular formula is C8H9Cl2NO3S. The molecule has 0 aliphatic rings. The average Bonchev–Trinajstić information content (AvgIpc) is 2.20. The predicted octanol–water partition coefficient (Wildman–Crippen LogP) is 2.18. The van der Waals surface area contributed by atoms with Crippen molar-refractivity contribution in [1.82, 2.24) is 4.47 Å². The van der Waals surface area contributed by atoms with Crippen LogP contribution in [0.1, 0.15) is 0 Å². The number of halogens is 2. The topological polar surface area (TPSA) is 46.6 Å². The number of sulfonamides is 1. The van der Waals surface area contributed by atoms with Gasteiger partial charge in [-0.05, 0) is 18.2 Å². The zero-order valence-corrected chi connectivity index (χ0v) is 10.4. The van der Waals surface area contributed by atoms with E-state index < -0.39 is 10.0 Å². The number of hydrogen-bond donors (Lipinski definition) is 0. The molecule has 0 saturated heterocycles. The van der Waals surface area contributed by atoms with E-state index in [9.17, 15) is 8.42 Å². The van der Waals surface area contributed by atoms with Gasteiger partial charge in [0.25, 0.3) is 10.0 Å². The summed E-state index contributed by atoms with van der Waals surface area (Å²) in [5.41, 5.74) is 0. The molecule has 0 aliphatic carbocycles. The maximum atomic E-state index is 11.7. The van der Waals surface area contributed by atoms with Gasteiger partial charge in [-0.1, -0.05) is 27.7 Å². The number of benzene rings is 1. The van der Waals surface area contributed by atoms with Crippen LogP contribution in [-0.4, -0.2) is 27.0 Å². The molecule has 0 fully saturated rings. The molecule has 0 radical (unpaired) electrons. The van der Waals surface area contributed by atoms with Crippen molar-refractivity contribution in [2.24, 2.45) is 0 Å². The Kier molecular flexibility index (Phi) is 3.97. The second kappa shape index (κ2) is 4.67. The van der Waals surface area contributed by atoms with Crippen LogP contribution in [-0.2, 0) is 14.9 Å². The summed E-state index contributed by atoms with van der Waals surface area (Å²) in [6.45, 7) is 0. The molecule has 84 valence electrons. The summed E-state index contributed by atoms with van der Waals surface area (Å²) in [6, 6.07) is 4.05. The zero-order chi connectivity index (χ0) is 11.6. The highest BCUT2D eigenvalue weighted by Gasteiger charge is 2.21. The number of nitrogens with zero attached hydrogens (tertiary/aromatic N) is 1. The van der Waals surface area contributed by atoms with Gasteiger partial charge in [0.2, 0.25) is 0 Å². The van der Waals surface area contributed by atoms with Crippen LogP contribution < -0.4 is 0 Å². The molecule has 15 heavy (non-hydrogen) atoms. The first kappa shape index (κ1) is 12.7. The molecule has 1 aromatic carbocycles. The maximum absolute atomic E-state index is 11.7. The molecule has 1 rings (SSSR count). The highest BCUT2D eigenvalue weighted by atomic mass is 35.5. The molecule has 0 saturated carbocycles. The van der Waals surface area contributed by atoms with Gasteiger partial charge in [0.1, 0.15) is 0 Å². The van der Waals surface area contributed by atoms with Gasteiger partial charge in [-0.25, -0.2) is 8.42 Å². The van der Waals surface area contributed by atoms with Gasteiger partial charge in [-0.15, -0.1) is 0 Å². The average molecular weight is 270 g/mol. The quantitative estimate of drug-likeness (QED) is 0.791. The van der Waals surface area contributed by atoms with Gasteiger partial charge in [-0.2, -0.15) is 0 Å². The van der Waals surface area contributed by atoms with E-state index in [1.54, 1.807) is 0 Å². The van der Waals surface area contributed by atoms with Crippen LogP contribution in [0.15, 0.2) is 23.1 Å². The lowest BCUT2D eigenvalue weighted by Crippen LogP contribution is -2.25. The van der Waals surface area contributed by atoms with Crippen LogP contribution in [0, 0.1) is 0 Å². The van der Waals surface area contributed by atoms with Crippen LogP contribution in [0.2, 0.25) is 10.0 Å². The summed E-state index contributed by atoms with van der Waals surface area (Å²) >= 11 is 11.4. The zero-order valence-electron chi connectivity index (χ0n) is 8.07. The van der Waals surface area contributed by atoms with E-state index in [0.717, 1.165) is 4.47 Å². The van der Waals surface area contributed by atoms with Crippen molar-refractivity contribution in [3.63, 3.8) is 0 Å². The minimum absolute atomic E-state index is 0.0289. The van der Waals surface area contributed by atoms with Crippen LogP contribution in [0.5, 0.6) is 0 Å². The van der Waals surface area contributed by atoms with Crippen LogP contribution in [0.3, 0.4) is 0 Å². The lowest BCUT2D eigenvalue weighted by atomic mass is 10.4. The Morgan fingerprint density at radius 1 is 1.27 bits per heavy atom. The first-order valence-corrected chi connectivity index (χ1v) is 6.07. The Bertz CT molecular complexity index is 461. The first-order valence-electron chi connectivity index (χ1n) is 3.87. The smallest absolute Gasteiger partial charge is 0.264 e. The van der Waals surface area contributed by atoms with Gasteiger partial charge in [0, 0.05) is 7.05 Å². The molecule has 0 aliphatic heterocycles.